The number of carbonyl (C=O) groups excluding carboxylic acids is 2. The average Bonchev–Trinajstić information content (AvgIpc) is 2.91. The number of benzene rings is 2. The molecule has 0 saturated heterocycles. The minimum absolute atomic E-state index is 0.171. The fraction of sp³-hybridized carbons (Fsp3) is 0.200. The molecule has 4 heteroatoms. The molecule has 1 heterocycles. The Bertz CT molecular complexity index is 839. The van der Waals surface area contributed by atoms with Crippen LogP contribution in [-0.2, 0) is 11.3 Å². The quantitative estimate of drug-likeness (QED) is 0.879. The van der Waals surface area contributed by atoms with Crippen molar-refractivity contribution in [3.05, 3.63) is 71.4 Å². The minimum Gasteiger partial charge on any atom is -0.351 e. The Labute approximate surface area is 141 Å². The Morgan fingerprint density at radius 3 is 2.62 bits per heavy atom. The predicted octanol–water partition coefficient (Wildman–Crippen LogP) is 3.27. The molecule has 2 aromatic rings. The zero-order valence-electron chi connectivity index (χ0n) is 13.9. The van der Waals surface area contributed by atoms with Crippen molar-refractivity contribution in [2.24, 2.45) is 0 Å². The van der Waals surface area contributed by atoms with Gasteiger partial charge in [0.25, 0.3) is 11.8 Å². The van der Waals surface area contributed by atoms with E-state index in [1.807, 2.05) is 50.2 Å². The molecule has 1 aliphatic rings. The number of hydrogen-bond acceptors (Lipinski definition) is 2. The largest absolute Gasteiger partial charge is 0.351 e. The Morgan fingerprint density at radius 1 is 1.21 bits per heavy atom. The van der Waals surface area contributed by atoms with E-state index in [1.165, 1.54) is 4.90 Å². The second kappa shape index (κ2) is 6.32. The lowest BCUT2D eigenvalue weighted by Gasteiger charge is -2.17. The summed E-state index contributed by atoms with van der Waals surface area (Å²) in [7, 11) is 0. The fourth-order valence-corrected chi connectivity index (χ4v) is 3.02. The zero-order valence-corrected chi connectivity index (χ0v) is 13.9. The van der Waals surface area contributed by atoms with Crippen LogP contribution in [0.25, 0.3) is 11.1 Å². The van der Waals surface area contributed by atoms with Crippen LogP contribution in [0.3, 0.4) is 0 Å². The van der Waals surface area contributed by atoms with Gasteiger partial charge < -0.3 is 5.32 Å². The number of amides is 2. The Kier molecular flexibility index (Phi) is 4.21. The van der Waals surface area contributed by atoms with Crippen LogP contribution >= 0.6 is 0 Å². The first-order chi connectivity index (χ1) is 11.5. The van der Waals surface area contributed by atoms with E-state index < -0.39 is 0 Å². The molecule has 0 spiro atoms. The van der Waals surface area contributed by atoms with Gasteiger partial charge in [-0.1, -0.05) is 48.5 Å². The van der Waals surface area contributed by atoms with Crippen LogP contribution in [0, 0.1) is 6.92 Å². The molecule has 122 valence electrons. The fourth-order valence-electron chi connectivity index (χ4n) is 3.02. The van der Waals surface area contributed by atoms with Crippen molar-refractivity contribution in [2.75, 3.05) is 6.54 Å². The molecule has 1 N–H and O–H groups in total. The van der Waals surface area contributed by atoms with Crippen molar-refractivity contribution in [3.63, 3.8) is 0 Å². The van der Waals surface area contributed by atoms with Crippen molar-refractivity contribution >= 4 is 11.8 Å². The monoisotopic (exact) mass is 320 g/mol. The van der Waals surface area contributed by atoms with Crippen molar-refractivity contribution < 1.29 is 9.59 Å². The van der Waals surface area contributed by atoms with Crippen LogP contribution < -0.4 is 5.32 Å². The van der Waals surface area contributed by atoms with E-state index in [-0.39, 0.29) is 17.5 Å². The van der Waals surface area contributed by atoms with Crippen molar-refractivity contribution in [3.8, 4) is 11.1 Å². The number of aryl methyl sites for hydroxylation is 1. The molecule has 0 radical (unpaired) electrons. The van der Waals surface area contributed by atoms with Gasteiger partial charge in [0, 0.05) is 12.1 Å². The molecule has 0 bridgehead atoms. The first kappa shape index (κ1) is 16.0. The number of nitrogens with zero attached hydrogens (tertiary/aromatic N) is 1. The lowest BCUT2D eigenvalue weighted by Crippen LogP contribution is -2.34. The van der Waals surface area contributed by atoms with E-state index >= 15 is 0 Å². The lowest BCUT2D eigenvalue weighted by atomic mass is 9.96. The van der Waals surface area contributed by atoms with E-state index in [9.17, 15) is 9.59 Å². The van der Waals surface area contributed by atoms with E-state index in [0.29, 0.717) is 18.7 Å². The molecule has 2 amide bonds. The molecule has 0 aliphatic carbocycles. The second-order valence-electron chi connectivity index (χ2n) is 5.90. The number of nitrogens with one attached hydrogen (secondary N) is 1. The summed E-state index contributed by atoms with van der Waals surface area (Å²) in [4.78, 5) is 26.2. The summed E-state index contributed by atoms with van der Waals surface area (Å²) in [5, 5.41) is 2.69. The summed E-state index contributed by atoms with van der Waals surface area (Å²) in [6, 6.07) is 13.9. The lowest BCUT2D eigenvalue weighted by molar-refractivity contribution is -0.118. The highest BCUT2D eigenvalue weighted by molar-refractivity contribution is 6.06. The number of likely N-dealkylation sites (N-methyl/N-ethyl adjacent to an activating group) is 1. The molecule has 3 rings (SSSR count). The molecule has 0 saturated carbocycles. The molecular weight excluding hydrogens is 300 g/mol. The third kappa shape index (κ3) is 2.71. The van der Waals surface area contributed by atoms with Crippen molar-refractivity contribution in [1.29, 1.82) is 0 Å². The van der Waals surface area contributed by atoms with Gasteiger partial charge in [-0.15, -0.1) is 0 Å². The highest BCUT2D eigenvalue weighted by atomic mass is 16.2. The maximum absolute atomic E-state index is 12.7. The smallest absolute Gasteiger partial charge is 0.267 e. The topological polar surface area (TPSA) is 49.4 Å². The minimum atomic E-state index is -0.309. The molecule has 4 nitrogen and oxygen atoms in total. The summed E-state index contributed by atoms with van der Waals surface area (Å²) < 4.78 is 0. The molecule has 2 aromatic carbocycles. The van der Waals surface area contributed by atoms with E-state index in [0.717, 1.165) is 22.3 Å². The SMILES string of the molecule is C=C(C(=O)NCC)N1Cc2c(cccc2-c2cccc(C)c2)C1=O. The van der Waals surface area contributed by atoms with Crippen LogP contribution in [0.2, 0.25) is 0 Å². The van der Waals surface area contributed by atoms with Crippen LogP contribution in [-0.4, -0.2) is 23.3 Å². The maximum Gasteiger partial charge on any atom is 0.267 e. The normalized spacial score (nSPS) is 12.9. The summed E-state index contributed by atoms with van der Waals surface area (Å²) in [6.07, 6.45) is 0. The summed E-state index contributed by atoms with van der Waals surface area (Å²) >= 11 is 0. The number of carbonyl (C=O) groups is 2. The van der Waals surface area contributed by atoms with Gasteiger partial charge in [0.1, 0.15) is 5.70 Å². The van der Waals surface area contributed by atoms with Gasteiger partial charge in [0.15, 0.2) is 0 Å². The number of hydrogen-bond donors (Lipinski definition) is 1. The van der Waals surface area contributed by atoms with Gasteiger partial charge in [-0.2, -0.15) is 0 Å². The van der Waals surface area contributed by atoms with Crippen LogP contribution in [0.1, 0.15) is 28.4 Å². The third-order valence-electron chi connectivity index (χ3n) is 4.22. The molecule has 0 fully saturated rings. The molecule has 0 atom stereocenters. The number of rotatable bonds is 4. The van der Waals surface area contributed by atoms with Gasteiger partial charge in [-0.3, -0.25) is 14.5 Å². The van der Waals surface area contributed by atoms with Gasteiger partial charge >= 0.3 is 0 Å². The molecule has 0 aromatic heterocycles. The maximum atomic E-state index is 12.7. The molecule has 0 unspecified atom stereocenters. The Balaban J connectivity index is 1.99. The second-order valence-corrected chi connectivity index (χ2v) is 5.90. The first-order valence-electron chi connectivity index (χ1n) is 8.00. The zero-order chi connectivity index (χ0) is 17.3. The summed E-state index contributed by atoms with van der Waals surface area (Å²) in [5.74, 6) is -0.480. The molecule has 1 aliphatic heterocycles. The van der Waals surface area contributed by atoms with Crippen LogP contribution in [0.4, 0.5) is 0 Å². The van der Waals surface area contributed by atoms with Crippen LogP contribution in [0.5, 0.6) is 0 Å². The van der Waals surface area contributed by atoms with Crippen LogP contribution in [0.15, 0.2) is 54.7 Å². The summed E-state index contributed by atoms with van der Waals surface area (Å²) in [6.45, 7) is 8.55. The first-order valence-corrected chi connectivity index (χ1v) is 8.00. The summed E-state index contributed by atoms with van der Waals surface area (Å²) in [5.41, 5.74) is 5.03. The van der Waals surface area contributed by atoms with Crippen molar-refractivity contribution in [2.45, 2.75) is 20.4 Å². The van der Waals surface area contributed by atoms with Gasteiger partial charge in [-0.25, -0.2) is 0 Å². The van der Waals surface area contributed by atoms with Gasteiger partial charge in [0.05, 0.1) is 6.54 Å². The Morgan fingerprint density at radius 2 is 1.92 bits per heavy atom. The molecular formula is C20H20N2O2. The highest BCUT2D eigenvalue weighted by Gasteiger charge is 2.33. The standard InChI is InChI=1S/C20H20N2O2/c1-4-21-19(23)14(3)22-12-18-16(9-6-10-17(18)20(22)24)15-8-5-7-13(2)11-15/h5-11H,3-4,12H2,1-2H3,(H,21,23). The van der Waals surface area contributed by atoms with Gasteiger partial charge in [0.2, 0.25) is 0 Å². The average molecular weight is 320 g/mol. The highest BCUT2D eigenvalue weighted by Crippen LogP contribution is 2.34. The third-order valence-corrected chi connectivity index (χ3v) is 4.22. The predicted molar refractivity (Wildman–Crippen MR) is 94.3 cm³/mol. The Hall–Kier alpha value is -2.88. The van der Waals surface area contributed by atoms with Crippen molar-refractivity contribution in [1.82, 2.24) is 10.2 Å². The number of fused-ring (bicyclic) bond motifs is 1. The van der Waals surface area contributed by atoms with Gasteiger partial charge in [-0.05, 0) is 36.6 Å². The molecule has 24 heavy (non-hydrogen) atoms. The van der Waals surface area contributed by atoms with E-state index in [2.05, 4.69) is 18.0 Å². The van der Waals surface area contributed by atoms with E-state index in [4.69, 9.17) is 0 Å². The van der Waals surface area contributed by atoms with E-state index in [1.54, 1.807) is 0 Å².